The molecule has 2 nitrogen and oxygen atoms in total. The Kier molecular flexibility index (Phi) is 4.37. The quantitative estimate of drug-likeness (QED) is 0.930. The zero-order valence-corrected chi connectivity index (χ0v) is 12.4. The van der Waals surface area contributed by atoms with E-state index < -0.39 is 5.60 Å². The van der Waals surface area contributed by atoms with E-state index in [2.05, 4.69) is 41.3 Å². The number of likely N-dealkylation sites (tertiary alicyclic amines) is 1. The summed E-state index contributed by atoms with van der Waals surface area (Å²) in [6.07, 6.45) is 2.71. The lowest BCUT2D eigenvalue weighted by atomic mass is 9.86. The Bertz CT molecular complexity index is 554. The van der Waals surface area contributed by atoms with Crippen LogP contribution >= 0.6 is 0 Å². The molecule has 1 aliphatic heterocycles. The summed E-state index contributed by atoms with van der Waals surface area (Å²) >= 11 is 0. The minimum absolute atomic E-state index is 0.589. The zero-order valence-electron chi connectivity index (χ0n) is 12.4. The fraction of sp³-hybridized carbons (Fsp3) is 0.368. The smallest absolute Gasteiger partial charge is 0.0814 e. The van der Waals surface area contributed by atoms with Crippen LogP contribution in [0.15, 0.2) is 60.7 Å². The molecule has 1 saturated heterocycles. The normalized spacial score (nSPS) is 23.1. The molecule has 0 aromatic heterocycles. The predicted molar refractivity (Wildman–Crippen MR) is 86.0 cm³/mol. The van der Waals surface area contributed by atoms with E-state index in [1.165, 1.54) is 11.1 Å². The molecular formula is C19H23NO. The van der Waals surface area contributed by atoms with Gasteiger partial charge in [0.25, 0.3) is 0 Å². The fourth-order valence-corrected chi connectivity index (χ4v) is 3.30. The highest BCUT2D eigenvalue weighted by Crippen LogP contribution is 2.26. The summed E-state index contributed by atoms with van der Waals surface area (Å²) in [5.74, 6) is 0. The largest absolute Gasteiger partial charge is 0.388 e. The Morgan fingerprint density at radius 2 is 1.52 bits per heavy atom. The number of piperidine rings is 1. The molecule has 0 saturated carbocycles. The number of hydrogen-bond donors (Lipinski definition) is 1. The first-order valence-corrected chi connectivity index (χ1v) is 7.76. The average molecular weight is 281 g/mol. The van der Waals surface area contributed by atoms with Crippen molar-refractivity contribution in [2.45, 2.75) is 31.4 Å². The number of nitrogens with zero attached hydrogens (tertiary/aromatic N) is 1. The highest BCUT2D eigenvalue weighted by atomic mass is 16.3. The lowest BCUT2D eigenvalue weighted by molar-refractivity contribution is -0.0327. The first-order chi connectivity index (χ1) is 10.2. The van der Waals surface area contributed by atoms with Gasteiger partial charge in [0.15, 0.2) is 0 Å². The molecule has 21 heavy (non-hydrogen) atoms. The van der Waals surface area contributed by atoms with Crippen LogP contribution in [0.2, 0.25) is 0 Å². The van der Waals surface area contributed by atoms with Gasteiger partial charge in [-0.2, -0.15) is 0 Å². The maximum atomic E-state index is 10.9. The first kappa shape index (κ1) is 14.3. The van der Waals surface area contributed by atoms with Gasteiger partial charge in [-0.3, -0.25) is 4.90 Å². The van der Waals surface area contributed by atoms with Gasteiger partial charge in [0.2, 0.25) is 0 Å². The van der Waals surface area contributed by atoms with Crippen molar-refractivity contribution >= 4 is 0 Å². The molecule has 0 aliphatic carbocycles. The van der Waals surface area contributed by atoms with Gasteiger partial charge in [-0.1, -0.05) is 60.7 Å². The lowest BCUT2D eigenvalue weighted by Gasteiger charge is -2.39. The van der Waals surface area contributed by atoms with Gasteiger partial charge in [-0.15, -0.1) is 0 Å². The third kappa shape index (κ3) is 3.93. The lowest BCUT2D eigenvalue weighted by Crippen LogP contribution is -2.49. The molecule has 1 unspecified atom stereocenters. The van der Waals surface area contributed by atoms with Crippen LogP contribution in [0.3, 0.4) is 0 Å². The second-order valence-corrected chi connectivity index (χ2v) is 6.19. The second kappa shape index (κ2) is 6.42. The molecule has 1 heterocycles. The summed E-state index contributed by atoms with van der Waals surface area (Å²) < 4.78 is 0. The van der Waals surface area contributed by atoms with Crippen LogP contribution in [0.5, 0.6) is 0 Å². The Morgan fingerprint density at radius 3 is 2.19 bits per heavy atom. The molecule has 2 heteroatoms. The molecule has 3 rings (SSSR count). The van der Waals surface area contributed by atoms with Crippen molar-refractivity contribution < 1.29 is 5.11 Å². The van der Waals surface area contributed by atoms with E-state index in [0.717, 1.165) is 38.9 Å². The summed E-state index contributed by atoms with van der Waals surface area (Å²) in [6.45, 7) is 2.76. The second-order valence-electron chi connectivity index (χ2n) is 6.19. The maximum Gasteiger partial charge on any atom is 0.0814 e. The molecule has 0 spiro atoms. The van der Waals surface area contributed by atoms with Crippen molar-refractivity contribution in [1.29, 1.82) is 0 Å². The molecule has 1 aliphatic rings. The Balaban J connectivity index is 1.64. The van der Waals surface area contributed by atoms with Crippen LogP contribution in [0, 0.1) is 0 Å². The molecule has 2 aromatic rings. The summed E-state index contributed by atoms with van der Waals surface area (Å²) in [6, 6.07) is 20.8. The van der Waals surface area contributed by atoms with Crippen LogP contribution in [0.25, 0.3) is 0 Å². The monoisotopic (exact) mass is 281 g/mol. The SMILES string of the molecule is OC1(Cc2ccccc2)CCCN(Cc2ccccc2)C1. The van der Waals surface area contributed by atoms with Gasteiger partial charge in [0.05, 0.1) is 5.60 Å². The summed E-state index contributed by atoms with van der Waals surface area (Å²) in [5.41, 5.74) is 1.96. The van der Waals surface area contributed by atoms with E-state index in [4.69, 9.17) is 0 Å². The van der Waals surface area contributed by atoms with Gasteiger partial charge >= 0.3 is 0 Å². The van der Waals surface area contributed by atoms with Crippen molar-refractivity contribution in [2.24, 2.45) is 0 Å². The van der Waals surface area contributed by atoms with Gasteiger partial charge in [0.1, 0.15) is 0 Å². The minimum Gasteiger partial charge on any atom is -0.388 e. The third-order valence-electron chi connectivity index (χ3n) is 4.26. The minimum atomic E-state index is -0.589. The highest BCUT2D eigenvalue weighted by molar-refractivity contribution is 5.18. The molecular weight excluding hydrogens is 258 g/mol. The van der Waals surface area contributed by atoms with Crippen LogP contribution in [-0.4, -0.2) is 28.7 Å². The fourth-order valence-electron chi connectivity index (χ4n) is 3.30. The standard InChI is InChI=1S/C19H23NO/c21-19(14-17-8-3-1-4-9-17)12-7-13-20(16-19)15-18-10-5-2-6-11-18/h1-6,8-11,21H,7,12-16H2. The topological polar surface area (TPSA) is 23.5 Å². The zero-order chi connectivity index (χ0) is 14.5. The van der Waals surface area contributed by atoms with Crippen LogP contribution in [0.1, 0.15) is 24.0 Å². The summed E-state index contributed by atoms with van der Waals surface area (Å²) in [7, 11) is 0. The number of aliphatic hydroxyl groups is 1. The Hall–Kier alpha value is -1.64. The number of hydrogen-bond acceptors (Lipinski definition) is 2. The third-order valence-corrected chi connectivity index (χ3v) is 4.26. The molecule has 110 valence electrons. The van der Waals surface area contributed by atoms with Crippen LogP contribution in [0.4, 0.5) is 0 Å². The van der Waals surface area contributed by atoms with Gasteiger partial charge in [-0.05, 0) is 30.5 Å². The van der Waals surface area contributed by atoms with Crippen molar-refractivity contribution in [1.82, 2.24) is 4.90 Å². The molecule has 0 amide bonds. The van der Waals surface area contributed by atoms with Gasteiger partial charge in [0, 0.05) is 19.5 Å². The van der Waals surface area contributed by atoms with E-state index in [1.54, 1.807) is 0 Å². The number of β-amino-alcohol motifs (C(OH)–C–C–N with tert-alkyl or cyclic N) is 1. The van der Waals surface area contributed by atoms with Crippen molar-refractivity contribution in [2.75, 3.05) is 13.1 Å². The van der Waals surface area contributed by atoms with E-state index in [1.807, 2.05) is 24.3 Å². The summed E-state index contributed by atoms with van der Waals surface area (Å²) in [5, 5.41) is 10.9. The van der Waals surface area contributed by atoms with Crippen molar-refractivity contribution in [3.63, 3.8) is 0 Å². The van der Waals surface area contributed by atoms with E-state index in [0.29, 0.717) is 0 Å². The van der Waals surface area contributed by atoms with E-state index in [9.17, 15) is 5.11 Å². The molecule has 1 atom stereocenters. The molecule has 0 bridgehead atoms. The highest BCUT2D eigenvalue weighted by Gasteiger charge is 2.33. The molecule has 2 aromatic carbocycles. The van der Waals surface area contributed by atoms with Gasteiger partial charge < -0.3 is 5.11 Å². The average Bonchev–Trinajstić information content (AvgIpc) is 2.49. The predicted octanol–water partition coefficient (Wildman–Crippen LogP) is 3.26. The van der Waals surface area contributed by atoms with E-state index in [-0.39, 0.29) is 0 Å². The van der Waals surface area contributed by atoms with Gasteiger partial charge in [-0.25, -0.2) is 0 Å². The summed E-state index contributed by atoms with van der Waals surface area (Å²) in [4.78, 5) is 2.38. The molecule has 0 radical (unpaired) electrons. The van der Waals surface area contributed by atoms with E-state index >= 15 is 0 Å². The number of benzene rings is 2. The van der Waals surface area contributed by atoms with Crippen molar-refractivity contribution in [3.8, 4) is 0 Å². The van der Waals surface area contributed by atoms with Crippen LogP contribution < -0.4 is 0 Å². The Labute approximate surface area is 127 Å². The molecule has 1 fully saturated rings. The Morgan fingerprint density at radius 1 is 0.905 bits per heavy atom. The number of rotatable bonds is 4. The maximum absolute atomic E-state index is 10.9. The first-order valence-electron chi connectivity index (χ1n) is 7.76. The molecule has 1 N–H and O–H groups in total. The van der Waals surface area contributed by atoms with Crippen LogP contribution in [-0.2, 0) is 13.0 Å². The van der Waals surface area contributed by atoms with Crippen molar-refractivity contribution in [3.05, 3.63) is 71.8 Å².